The predicted octanol–water partition coefficient (Wildman–Crippen LogP) is 3.04. The van der Waals surface area contributed by atoms with Gasteiger partial charge in [-0.25, -0.2) is 8.78 Å². The first kappa shape index (κ1) is 14.0. The zero-order chi connectivity index (χ0) is 14.7. The van der Waals surface area contributed by atoms with Crippen LogP contribution in [-0.2, 0) is 11.2 Å². The molecule has 0 saturated carbocycles. The van der Waals surface area contributed by atoms with Crippen LogP contribution in [0.1, 0.15) is 11.1 Å². The molecule has 20 heavy (non-hydrogen) atoms. The summed E-state index contributed by atoms with van der Waals surface area (Å²) < 4.78 is 26.4. The molecule has 3 N–H and O–H groups in total. The fourth-order valence-electron chi connectivity index (χ4n) is 1.92. The van der Waals surface area contributed by atoms with Gasteiger partial charge in [-0.15, -0.1) is 0 Å². The third-order valence-corrected chi connectivity index (χ3v) is 2.80. The van der Waals surface area contributed by atoms with Crippen LogP contribution in [0.5, 0.6) is 0 Å². The Hall–Kier alpha value is -2.43. The van der Waals surface area contributed by atoms with E-state index in [2.05, 4.69) is 5.32 Å². The smallest absolute Gasteiger partial charge is 0.228 e. The predicted molar refractivity (Wildman–Crippen MR) is 74.3 cm³/mol. The lowest BCUT2D eigenvalue weighted by Gasteiger charge is -2.10. The van der Waals surface area contributed by atoms with E-state index >= 15 is 0 Å². The number of carbonyl (C=O) groups is 1. The monoisotopic (exact) mass is 276 g/mol. The number of hydrogen-bond donors (Lipinski definition) is 2. The summed E-state index contributed by atoms with van der Waals surface area (Å²) in [4.78, 5) is 11.9. The van der Waals surface area contributed by atoms with Crippen LogP contribution in [0, 0.1) is 18.6 Å². The van der Waals surface area contributed by atoms with Crippen molar-refractivity contribution in [3.63, 3.8) is 0 Å². The SMILES string of the molecule is Cc1cccc(CC(=O)Nc2c(N)cc(F)cc2F)c1. The second kappa shape index (κ2) is 5.69. The highest BCUT2D eigenvalue weighted by Gasteiger charge is 2.12. The van der Waals surface area contributed by atoms with Crippen LogP contribution in [0.2, 0.25) is 0 Å². The van der Waals surface area contributed by atoms with E-state index in [0.29, 0.717) is 6.07 Å². The van der Waals surface area contributed by atoms with E-state index in [4.69, 9.17) is 5.73 Å². The Balaban J connectivity index is 2.13. The molecule has 0 aliphatic heterocycles. The molecular formula is C15H14F2N2O. The number of benzene rings is 2. The van der Waals surface area contributed by atoms with Gasteiger partial charge in [-0.05, 0) is 18.6 Å². The molecule has 0 saturated heterocycles. The second-order valence-corrected chi connectivity index (χ2v) is 4.57. The summed E-state index contributed by atoms with van der Waals surface area (Å²) >= 11 is 0. The van der Waals surface area contributed by atoms with E-state index in [0.717, 1.165) is 17.2 Å². The fraction of sp³-hybridized carbons (Fsp3) is 0.133. The van der Waals surface area contributed by atoms with E-state index in [-0.39, 0.29) is 17.8 Å². The van der Waals surface area contributed by atoms with Gasteiger partial charge < -0.3 is 11.1 Å². The first-order valence-corrected chi connectivity index (χ1v) is 6.05. The minimum Gasteiger partial charge on any atom is -0.397 e. The van der Waals surface area contributed by atoms with Gasteiger partial charge in [0.1, 0.15) is 11.5 Å². The summed E-state index contributed by atoms with van der Waals surface area (Å²) in [6, 6.07) is 9.06. The summed E-state index contributed by atoms with van der Waals surface area (Å²) in [7, 11) is 0. The van der Waals surface area contributed by atoms with Crippen LogP contribution >= 0.6 is 0 Å². The normalized spacial score (nSPS) is 10.3. The number of rotatable bonds is 3. The van der Waals surface area contributed by atoms with Crippen molar-refractivity contribution >= 4 is 17.3 Å². The fourth-order valence-corrected chi connectivity index (χ4v) is 1.92. The van der Waals surface area contributed by atoms with Gasteiger partial charge in [0.2, 0.25) is 5.91 Å². The lowest BCUT2D eigenvalue weighted by molar-refractivity contribution is -0.115. The van der Waals surface area contributed by atoms with Gasteiger partial charge in [-0.2, -0.15) is 0 Å². The van der Waals surface area contributed by atoms with Crippen LogP contribution < -0.4 is 11.1 Å². The minimum absolute atomic E-state index is 0.0952. The Morgan fingerprint density at radius 1 is 1.25 bits per heavy atom. The molecule has 0 spiro atoms. The molecule has 0 heterocycles. The molecule has 0 atom stereocenters. The zero-order valence-corrected chi connectivity index (χ0v) is 10.9. The highest BCUT2D eigenvalue weighted by atomic mass is 19.1. The molecule has 2 aromatic rings. The van der Waals surface area contributed by atoms with Gasteiger partial charge in [0.15, 0.2) is 5.82 Å². The number of halogens is 2. The maximum Gasteiger partial charge on any atom is 0.228 e. The second-order valence-electron chi connectivity index (χ2n) is 4.57. The molecule has 1 amide bonds. The van der Waals surface area contributed by atoms with Crippen molar-refractivity contribution < 1.29 is 13.6 Å². The first-order valence-electron chi connectivity index (χ1n) is 6.05. The van der Waals surface area contributed by atoms with Gasteiger partial charge in [0, 0.05) is 6.07 Å². The molecule has 2 rings (SSSR count). The van der Waals surface area contributed by atoms with E-state index in [9.17, 15) is 13.6 Å². The van der Waals surface area contributed by atoms with Crippen molar-refractivity contribution in [1.82, 2.24) is 0 Å². The number of carbonyl (C=O) groups excluding carboxylic acids is 1. The summed E-state index contributed by atoms with van der Waals surface area (Å²) in [6.07, 6.45) is 0.0952. The first-order chi connectivity index (χ1) is 9.45. The van der Waals surface area contributed by atoms with Gasteiger partial charge in [0.05, 0.1) is 12.1 Å². The number of anilines is 2. The standard InChI is InChI=1S/C15H14F2N2O/c1-9-3-2-4-10(5-9)6-14(20)19-15-12(17)7-11(16)8-13(15)18/h2-5,7-8H,6,18H2,1H3,(H,19,20). The molecule has 0 unspecified atom stereocenters. The molecule has 0 aliphatic rings. The van der Waals surface area contributed by atoms with Crippen LogP contribution in [0.25, 0.3) is 0 Å². The quantitative estimate of drug-likeness (QED) is 0.847. The lowest BCUT2D eigenvalue weighted by Crippen LogP contribution is -2.16. The lowest BCUT2D eigenvalue weighted by atomic mass is 10.1. The van der Waals surface area contributed by atoms with E-state index in [1.807, 2.05) is 25.1 Å². The largest absolute Gasteiger partial charge is 0.397 e. The summed E-state index contributed by atoms with van der Waals surface area (Å²) in [6.45, 7) is 1.92. The van der Waals surface area contributed by atoms with Crippen LogP contribution in [0.3, 0.4) is 0 Å². The molecule has 0 bridgehead atoms. The highest BCUT2D eigenvalue weighted by molar-refractivity contribution is 5.95. The van der Waals surface area contributed by atoms with Crippen LogP contribution in [0.15, 0.2) is 36.4 Å². The van der Waals surface area contributed by atoms with Crippen LogP contribution in [-0.4, -0.2) is 5.91 Å². The van der Waals surface area contributed by atoms with Crippen molar-refractivity contribution in [3.05, 3.63) is 59.2 Å². The molecule has 0 aliphatic carbocycles. The van der Waals surface area contributed by atoms with E-state index in [1.54, 1.807) is 6.07 Å². The maximum absolute atomic E-state index is 13.5. The number of amides is 1. The molecule has 0 fully saturated rings. The van der Waals surface area contributed by atoms with Gasteiger partial charge in [-0.1, -0.05) is 29.8 Å². The van der Waals surface area contributed by atoms with Crippen molar-refractivity contribution in [3.8, 4) is 0 Å². The Morgan fingerprint density at radius 2 is 2.00 bits per heavy atom. The highest BCUT2D eigenvalue weighted by Crippen LogP contribution is 2.24. The average molecular weight is 276 g/mol. The van der Waals surface area contributed by atoms with Gasteiger partial charge in [-0.3, -0.25) is 4.79 Å². The maximum atomic E-state index is 13.5. The van der Waals surface area contributed by atoms with Crippen molar-refractivity contribution in [2.24, 2.45) is 0 Å². The number of nitrogen functional groups attached to an aromatic ring is 1. The minimum atomic E-state index is -0.889. The van der Waals surface area contributed by atoms with Crippen molar-refractivity contribution in [2.75, 3.05) is 11.1 Å². The molecule has 104 valence electrons. The van der Waals surface area contributed by atoms with Crippen molar-refractivity contribution in [1.29, 1.82) is 0 Å². The topological polar surface area (TPSA) is 55.1 Å². The number of nitrogens with two attached hydrogens (primary N) is 1. The third kappa shape index (κ3) is 3.32. The Morgan fingerprint density at radius 3 is 2.65 bits per heavy atom. The Bertz CT molecular complexity index is 633. The summed E-state index contributed by atoms with van der Waals surface area (Å²) in [5, 5.41) is 2.37. The molecule has 3 nitrogen and oxygen atoms in total. The Kier molecular flexibility index (Phi) is 3.98. The Labute approximate surface area is 115 Å². The number of nitrogens with one attached hydrogen (secondary N) is 1. The summed E-state index contributed by atoms with van der Waals surface area (Å²) in [5.74, 6) is -2.08. The molecule has 2 aromatic carbocycles. The average Bonchev–Trinajstić information content (AvgIpc) is 2.33. The zero-order valence-electron chi connectivity index (χ0n) is 10.9. The van der Waals surface area contributed by atoms with Crippen LogP contribution in [0.4, 0.5) is 20.2 Å². The van der Waals surface area contributed by atoms with E-state index < -0.39 is 17.5 Å². The number of hydrogen-bond acceptors (Lipinski definition) is 2. The molecule has 0 radical (unpaired) electrons. The van der Waals surface area contributed by atoms with Gasteiger partial charge >= 0.3 is 0 Å². The van der Waals surface area contributed by atoms with E-state index in [1.165, 1.54) is 0 Å². The molecule has 0 aromatic heterocycles. The number of aryl methyl sites for hydroxylation is 1. The molecular weight excluding hydrogens is 262 g/mol. The third-order valence-electron chi connectivity index (χ3n) is 2.80. The van der Waals surface area contributed by atoms with Crippen molar-refractivity contribution in [2.45, 2.75) is 13.3 Å². The molecule has 5 heteroatoms. The summed E-state index contributed by atoms with van der Waals surface area (Å²) in [5.41, 5.74) is 7.00. The van der Waals surface area contributed by atoms with Gasteiger partial charge in [0.25, 0.3) is 0 Å².